The smallest absolute Gasteiger partial charge is 0.226 e. The maximum atomic E-state index is 13.1. The summed E-state index contributed by atoms with van der Waals surface area (Å²) in [7, 11) is 0. The average molecular weight is 348 g/mol. The summed E-state index contributed by atoms with van der Waals surface area (Å²) in [5.41, 5.74) is 2.88. The first-order valence-corrected chi connectivity index (χ1v) is 9.20. The SMILES string of the molecule is O=C1C[C@@H](c2cccs2)CC2=C1[C@H](c1ccccc1)n1ncnc1N2. The number of Topliss-reactive ketones (excluding diaryl/α,β-unsaturated/α-hetero) is 1. The molecule has 0 amide bonds. The van der Waals surface area contributed by atoms with Crippen LogP contribution in [0.3, 0.4) is 0 Å². The minimum atomic E-state index is -0.202. The Hall–Kier alpha value is -2.73. The number of rotatable bonds is 2. The highest BCUT2D eigenvalue weighted by molar-refractivity contribution is 7.10. The molecule has 124 valence electrons. The lowest BCUT2D eigenvalue weighted by Gasteiger charge is -2.34. The topological polar surface area (TPSA) is 59.8 Å². The van der Waals surface area contributed by atoms with Gasteiger partial charge in [-0.25, -0.2) is 4.68 Å². The van der Waals surface area contributed by atoms with Gasteiger partial charge in [0, 0.05) is 28.5 Å². The third-order valence-corrected chi connectivity index (χ3v) is 5.96. The van der Waals surface area contributed by atoms with E-state index in [2.05, 4.69) is 26.8 Å². The molecular formula is C19H16N4OS. The molecule has 2 aliphatic rings. The van der Waals surface area contributed by atoms with E-state index in [-0.39, 0.29) is 17.7 Å². The Balaban J connectivity index is 1.63. The van der Waals surface area contributed by atoms with Crippen molar-refractivity contribution in [3.8, 4) is 0 Å². The number of aromatic nitrogens is 3. The highest BCUT2D eigenvalue weighted by atomic mass is 32.1. The van der Waals surface area contributed by atoms with Crippen molar-refractivity contribution in [3.05, 3.63) is 75.9 Å². The molecule has 1 aliphatic heterocycles. The van der Waals surface area contributed by atoms with Gasteiger partial charge in [0.15, 0.2) is 5.78 Å². The predicted octanol–water partition coefficient (Wildman–Crippen LogP) is 3.76. The van der Waals surface area contributed by atoms with Crippen molar-refractivity contribution in [2.24, 2.45) is 0 Å². The maximum Gasteiger partial charge on any atom is 0.226 e. The molecule has 0 saturated carbocycles. The van der Waals surface area contributed by atoms with Crippen LogP contribution in [0.15, 0.2) is 65.4 Å². The molecule has 0 saturated heterocycles. The van der Waals surface area contributed by atoms with Crippen LogP contribution in [0.2, 0.25) is 0 Å². The molecule has 0 bridgehead atoms. The Labute approximate surface area is 149 Å². The fraction of sp³-hybridized carbons (Fsp3) is 0.211. The summed E-state index contributed by atoms with van der Waals surface area (Å²) in [6.07, 6.45) is 2.92. The summed E-state index contributed by atoms with van der Waals surface area (Å²) in [6, 6.07) is 14.0. The van der Waals surface area contributed by atoms with E-state index < -0.39 is 0 Å². The van der Waals surface area contributed by atoms with Crippen LogP contribution in [-0.2, 0) is 4.79 Å². The molecule has 3 aromatic rings. The molecule has 0 unspecified atom stereocenters. The maximum absolute atomic E-state index is 13.1. The summed E-state index contributed by atoms with van der Waals surface area (Å²) in [6.45, 7) is 0. The molecule has 1 aliphatic carbocycles. The third kappa shape index (κ3) is 2.33. The molecular weight excluding hydrogens is 332 g/mol. The lowest BCUT2D eigenvalue weighted by molar-refractivity contribution is -0.116. The number of ketones is 1. The fourth-order valence-corrected chi connectivity index (χ4v) is 4.65. The number of nitrogens with zero attached hydrogens (tertiary/aromatic N) is 3. The first kappa shape index (κ1) is 14.6. The van der Waals surface area contributed by atoms with Crippen molar-refractivity contribution >= 4 is 23.1 Å². The van der Waals surface area contributed by atoms with Gasteiger partial charge in [-0.05, 0) is 23.4 Å². The van der Waals surface area contributed by atoms with Crippen molar-refractivity contribution in [2.75, 3.05) is 5.32 Å². The normalized spacial score (nSPS) is 22.3. The standard InChI is InChI=1S/C19H16N4OS/c24-15-10-13(16-7-4-8-25-16)9-14-17(15)18(12-5-2-1-3-6-12)23-19(22-14)20-11-21-23/h1-8,11,13,18H,9-10H2,(H,20,21,22)/t13-,18-/m0/s1. The lowest BCUT2D eigenvalue weighted by Crippen LogP contribution is -2.33. The van der Waals surface area contributed by atoms with Gasteiger partial charge < -0.3 is 5.32 Å². The van der Waals surface area contributed by atoms with E-state index >= 15 is 0 Å². The van der Waals surface area contributed by atoms with Crippen LogP contribution < -0.4 is 5.32 Å². The Morgan fingerprint density at radius 3 is 2.80 bits per heavy atom. The molecule has 5 rings (SSSR count). The molecule has 3 heterocycles. The molecule has 5 nitrogen and oxygen atoms in total. The largest absolute Gasteiger partial charge is 0.328 e. The first-order valence-electron chi connectivity index (χ1n) is 8.32. The second-order valence-corrected chi connectivity index (χ2v) is 7.38. The zero-order chi connectivity index (χ0) is 16.8. The number of carbonyl (C=O) groups is 1. The van der Waals surface area contributed by atoms with Crippen molar-refractivity contribution in [2.45, 2.75) is 24.8 Å². The quantitative estimate of drug-likeness (QED) is 0.766. The number of nitrogens with one attached hydrogen (secondary N) is 1. The third-order valence-electron chi connectivity index (χ3n) is 4.92. The zero-order valence-corrected chi connectivity index (χ0v) is 14.2. The van der Waals surface area contributed by atoms with Gasteiger partial charge in [-0.2, -0.15) is 10.1 Å². The number of allylic oxidation sites excluding steroid dienone is 2. The second-order valence-electron chi connectivity index (χ2n) is 6.40. The Bertz CT molecular complexity index is 958. The Morgan fingerprint density at radius 2 is 2.00 bits per heavy atom. The first-order chi connectivity index (χ1) is 12.3. The van der Waals surface area contributed by atoms with E-state index in [4.69, 9.17) is 0 Å². The zero-order valence-electron chi connectivity index (χ0n) is 13.4. The van der Waals surface area contributed by atoms with Gasteiger partial charge in [0.2, 0.25) is 5.95 Å². The molecule has 2 atom stereocenters. The summed E-state index contributed by atoms with van der Waals surface area (Å²) in [5, 5.41) is 9.79. The fourth-order valence-electron chi connectivity index (χ4n) is 3.82. The van der Waals surface area contributed by atoms with E-state index in [0.717, 1.165) is 23.3 Å². The van der Waals surface area contributed by atoms with Gasteiger partial charge >= 0.3 is 0 Å². The molecule has 1 aromatic carbocycles. The second kappa shape index (κ2) is 5.67. The monoisotopic (exact) mass is 348 g/mol. The minimum absolute atomic E-state index is 0.196. The summed E-state index contributed by atoms with van der Waals surface area (Å²) in [4.78, 5) is 18.7. The number of benzene rings is 1. The molecule has 0 spiro atoms. The summed E-state index contributed by atoms with van der Waals surface area (Å²) >= 11 is 1.72. The van der Waals surface area contributed by atoms with Crippen molar-refractivity contribution in [1.29, 1.82) is 0 Å². The number of anilines is 1. The summed E-state index contributed by atoms with van der Waals surface area (Å²) < 4.78 is 1.82. The van der Waals surface area contributed by atoms with E-state index in [9.17, 15) is 4.79 Å². The highest BCUT2D eigenvalue weighted by Gasteiger charge is 2.39. The van der Waals surface area contributed by atoms with Crippen LogP contribution in [0.1, 0.15) is 35.2 Å². The van der Waals surface area contributed by atoms with Crippen LogP contribution in [0.5, 0.6) is 0 Å². The van der Waals surface area contributed by atoms with Crippen molar-refractivity contribution in [1.82, 2.24) is 14.8 Å². The number of thiophene rings is 1. The molecule has 2 aromatic heterocycles. The van der Waals surface area contributed by atoms with Gasteiger partial charge in [0.05, 0.1) is 0 Å². The molecule has 6 heteroatoms. The van der Waals surface area contributed by atoms with Crippen LogP contribution >= 0.6 is 11.3 Å². The lowest BCUT2D eigenvalue weighted by atomic mass is 9.80. The van der Waals surface area contributed by atoms with Gasteiger partial charge in [-0.1, -0.05) is 36.4 Å². The summed E-state index contributed by atoms with van der Waals surface area (Å²) in [5.74, 6) is 1.14. The van der Waals surface area contributed by atoms with Crippen molar-refractivity contribution in [3.63, 3.8) is 0 Å². The van der Waals surface area contributed by atoms with Gasteiger partial charge in [-0.15, -0.1) is 11.3 Å². The molecule has 0 radical (unpaired) electrons. The minimum Gasteiger partial charge on any atom is -0.328 e. The number of hydrogen-bond donors (Lipinski definition) is 1. The molecule has 25 heavy (non-hydrogen) atoms. The Kier molecular flexibility index (Phi) is 3.31. The van der Waals surface area contributed by atoms with Gasteiger partial charge in [0.1, 0.15) is 12.4 Å². The van der Waals surface area contributed by atoms with E-state index in [0.29, 0.717) is 12.4 Å². The number of hydrogen-bond acceptors (Lipinski definition) is 5. The van der Waals surface area contributed by atoms with Gasteiger partial charge in [-0.3, -0.25) is 4.79 Å². The Morgan fingerprint density at radius 1 is 1.12 bits per heavy atom. The van der Waals surface area contributed by atoms with Crippen LogP contribution in [0, 0.1) is 0 Å². The predicted molar refractivity (Wildman–Crippen MR) is 96.6 cm³/mol. The highest BCUT2D eigenvalue weighted by Crippen LogP contribution is 2.44. The number of carbonyl (C=O) groups excluding carboxylic acids is 1. The molecule has 1 N–H and O–H groups in total. The van der Waals surface area contributed by atoms with Crippen molar-refractivity contribution < 1.29 is 4.79 Å². The molecule has 0 fully saturated rings. The number of fused-ring (bicyclic) bond motifs is 1. The van der Waals surface area contributed by atoms with E-state index in [1.165, 1.54) is 11.2 Å². The van der Waals surface area contributed by atoms with E-state index in [1.807, 2.05) is 41.1 Å². The van der Waals surface area contributed by atoms with Crippen LogP contribution in [0.4, 0.5) is 5.95 Å². The van der Waals surface area contributed by atoms with Crippen LogP contribution in [0.25, 0.3) is 0 Å². The van der Waals surface area contributed by atoms with Crippen LogP contribution in [-0.4, -0.2) is 20.5 Å². The average Bonchev–Trinajstić information content (AvgIpc) is 3.32. The van der Waals surface area contributed by atoms with Gasteiger partial charge in [0.25, 0.3) is 0 Å². The van der Waals surface area contributed by atoms with E-state index in [1.54, 1.807) is 11.3 Å².